The minimum Gasteiger partial charge on any atom is -0.481 e. The van der Waals surface area contributed by atoms with Crippen molar-refractivity contribution in [1.29, 1.82) is 0 Å². The van der Waals surface area contributed by atoms with Crippen molar-refractivity contribution in [3.05, 3.63) is 59.7 Å². The summed E-state index contributed by atoms with van der Waals surface area (Å²) >= 11 is 0. The molecular formula is C25H30N2O5. The molecule has 2 unspecified atom stereocenters. The van der Waals surface area contributed by atoms with Gasteiger partial charge >= 0.3 is 12.1 Å². The number of alkyl carbamates (subject to hydrolysis) is 1. The van der Waals surface area contributed by atoms with Gasteiger partial charge in [0, 0.05) is 12.5 Å². The first-order valence-corrected chi connectivity index (χ1v) is 10.9. The third kappa shape index (κ3) is 5.46. The molecule has 0 radical (unpaired) electrons. The standard InChI is InChI=1S/C25H30N2O5/c1-15(2)12-22(23(28)26-13-16(3)24(29)30)27-25(31)32-14-21-19-10-6-4-8-17(19)18-9-5-7-11-20(18)21/h4-11,15-16,21-22H,12-14H2,1-3H3,(H,26,28)(H,27,31)(H,29,30). The molecule has 2 aromatic rings. The summed E-state index contributed by atoms with van der Waals surface area (Å²) in [4.78, 5) is 36.1. The van der Waals surface area contributed by atoms with Crippen LogP contribution in [0.3, 0.4) is 0 Å². The third-order valence-electron chi connectivity index (χ3n) is 5.66. The highest BCUT2D eigenvalue weighted by atomic mass is 16.5. The lowest BCUT2D eigenvalue weighted by Crippen LogP contribution is -2.49. The predicted molar refractivity (Wildman–Crippen MR) is 121 cm³/mol. The van der Waals surface area contributed by atoms with E-state index >= 15 is 0 Å². The summed E-state index contributed by atoms with van der Waals surface area (Å²) < 4.78 is 5.54. The highest BCUT2D eigenvalue weighted by molar-refractivity contribution is 5.86. The molecule has 2 aromatic carbocycles. The highest BCUT2D eigenvalue weighted by Gasteiger charge is 2.30. The number of ether oxygens (including phenoxy) is 1. The summed E-state index contributed by atoms with van der Waals surface area (Å²) in [5.74, 6) is -2.04. The number of carboxylic acid groups (broad SMARTS) is 1. The number of benzene rings is 2. The first-order chi connectivity index (χ1) is 15.3. The fourth-order valence-corrected chi connectivity index (χ4v) is 3.95. The van der Waals surface area contributed by atoms with Gasteiger partial charge in [0.25, 0.3) is 0 Å². The van der Waals surface area contributed by atoms with Crippen LogP contribution in [0.2, 0.25) is 0 Å². The summed E-state index contributed by atoms with van der Waals surface area (Å²) in [6, 6.07) is 15.3. The van der Waals surface area contributed by atoms with E-state index in [9.17, 15) is 14.4 Å². The van der Waals surface area contributed by atoms with Gasteiger partial charge in [0.15, 0.2) is 0 Å². The Balaban J connectivity index is 1.63. The number of hydrogen-bond donors (Lipinski definition) is 3. The van der Waals surface area contributed by atoms with Crippen LogP contribution < -0.4 is 10.6 Å². The zero-order valence-corrected chi connectivity index (χ0v) is 18.6. The number of fused-ring (bicyclic) bond motifs is 3. The Morgan fingerprint density at radius 1 is 0.969 bits per heavy atom. The van der Waals surface area contributed by atoms with Crippen molar-refractivity contribution < 1.29 is 24.2 Å². The maximum atomic E-state index is 12.6. The Kier molecular flexibility index (Phi) is 7.51. The molecule has 0 spiro atoms. The zero-order chi connectivity index (χ0) is 23.3. The Morgan fingerprint density at radius 2 is 1.53 bits per heavy atom. The fourth-order valence-electron chi connectivity index (χ4n) is 3.95. The largest absolute Gasteiger partial charge is 0.481 e. The van der Waals surface area contributed by atoms with Gasteiger partial charge in [-0.05, 0) is 34.6 Å². The average molecular weight is 439 g/mol. The van der Waals surface area contributed by atoms with E-state index in [2.05, 4.69) is 22.8 Å². The average Bonchev–Trinajstić information content (AvgIpc) is 3.08. The van der Waals surface area contributed by atoms with Crippen LogP contribution in [0.1, 0.15) is 44.2 Å². The molecular weight excluding hydrogens is 408 g/mol. The number of amides is 2. The number of hydrogen-bond acceptors (Lipinski definition) is 4. The molecule has 0 saturated carbocycles. The Labute approximate surface area is 188 Å². The van der Waals surface area contributed by atoms with E-state index in [1.807, 2.05) is 50.2 Å². The molecule has 3 rings (SSSR count). The molecule has 0 aliphatic heterocycles. The van der Waals surface area contributed by atoms with Crippen molar-refractivity contribution in [2.24, 2.45) is 11.8 Å². The van der Waals surface area contributed by atoms with E-state index in [4.69, 9.17) is 9.84 Å². The zero-order valence-electron chi connectivity index (χ0n) is 18.6. The van der Waals surface area contributed by atoms with E-state index < -0.39 is 29.9 Å². The molecule has 2 atom stereocenters. The first-order valence-electron chi connectivity index (χ1n) is 10.9. The molecule has 1 aliphatic carbocycles. The summed E-state index contributed by atoms with van der Waals surface area (Å²) in [5, 5.41) is 14.3. The Bertz CT molecular complexity index is 942. The number of rotatable bonds is 9. The van der Waals surface area contributed by atoms with E-state index in [-0.39, 0.29) is 25.0 Å². The van der Waals surface area contributed by atoms with E-state index in [0.29, 0.717) is 6.42 Å². The second-order valence-electron chi connectivity index (χ2n) is 8.64. The number of aliphatic carboxylic acids is 1. The topological polar surface area (TPSA) is 105 Å². The van der Waals surface area contributed by atoms with Crippen LogP contribution in [0.15, 0.2) is 48.5 Å². The van der Waals surface area contributed by atoms with Crippen LogP contribution in [-0.2, 0) is 14.3 Å². The lowest BCUT2D eigenvalue weighted by atomic mass is 9.98. The van der Waals surface area contributed by atoms with Crippen molar-refractivity contribution in [2.75, 3.05) is 13.2 Å². The molecule has 0 aromatic heterocycles. The number of carbonyl (C=O) groups is 3. The molecule has 1 aliphatic rings. The van der Waals surface area contributed by atoms with Crippen LogP contribution in [0.5, 0.6) is 0 Å². The lowest BCUT2D eigenvalue weighted by molar-refractivity contribution is -0.141. The van der Waals surface area contributed by atoms with Gasteiger partial charge in [0.1, 0.15) is 12.6 Å². The molecule has 0 heterocycles. The van der Waals surface area contributed by atoms with Crippen LogP contribution >= 0.6 is 0 Å². The van der Waals surface area contributed by atoms with Crippen molar-refractivity contribution in [3.63, 3.8) is 0 Å². The number of carboxylic acids is 1. The van der Waals surface area contributed by atoms with Gasteiger partial charge in [-0.15, -0.1) is 0 Å². The molecule has 3 N–H and O–H groups in total. The monoisotopic (exact) mass is 438 g/mol. The van der Waals surface area contributed by atoms with Crippen molar-refractivity contribution >= 4 is 18.0 Å². The van der Waals surface area contributed by atoms with Gasteiger partial charge in [-0.2, -0.15) is 0 Å². The van der Waals surface area contributed by atoms with Crippen molar-refractivity contribution in [2.45, 2.75) is 39.2 Å². The SMILES string of the molecule is CC(C)CC(NC(=O)OCC1c2ccccc2-c2ccccc21)C(=O)NCC(C)C(=O)O. The van der Waals surface area contributed by atoms with Crippen LogP contribution in [0.4, 0.5) is 4.79 Å². The number of nitrogens with one attached hydrogen (secondary N) is 2. The molecule has 32 heavy (non-hydrogen) atoms. The first kappa shape index (κ1) is 23.3. The normalized spacial score (nSPS) is 14.2. The fraction of sp³-hybridized carbons (Fsp3) is 0.400. The maximum absolute atomic E-state index is 12.6. The third-order valence-corrected chi connectivity index (χ3v) is 5.66. The highest BCUT2D eigenvalue weighted by Crippen LogP contribution is 2.44. The summed E-state index contributed by atoms with van der Waals surface area (Å²) in [7, 11) is 0. The summed E-state index contributed by atoms with van der Waals surface area (Å²) in [6.07, 6.45) is -0.253. The van der Waals surface area contributed by atoms with Gasteiger partial charge in [0.2, 0.25) is 5.91 Å². The minimum absolute atomic E-state index is 0.00483. The van der Waals surface area contributed by atoms with Crippen molar-refractivity contribution in [3.8, 4) is 11.1 Å². The minimum atomic E-state index is -0.991. The quantitative estimate of drug-likeness (QED) is 0.553. The molecule has 0 bridgehead atoms. The summed E-state index contributed by atoms with van der Waals surface area (Å²) in [5.41, 5.74) is 4.50. The van der Waals surface area contributed by atoms with Crippen molar-refractivity contribution in [1.82, 2.24) is 10.6 Å². The second kappa shape index (κ2) is 10.3. The molecule has 7 nitrogen and oxygen atoms in total. The molecule has 2 amide bonds. The molecule has 0 saturated heterocycles. The van der Waals surface area contributed by atoms with E-state index in [1.165, 1.54) is 6.92 Å². The summed E-state index contributed by atoms with van der Waals surface area (Å²) in [6.45, 7) is 5.55. The lowest BCUT2D eigenvalue weighted by Gasteiger charge is -2.21. The smallest absolute Gasteiger partial charge is 0.407 e. The predicted octanol–water partition coefficient (Wildman–Crippen LogP) is 3.78. The van der Waals surface area contributed by atoms with Crippen LogP contribution in [0.25, 0.3) is 11.1 Å². The molecule has 170 valence electrons. The second-order valence-corrected chi connectivity index (χ2v) is 8.64. The molecule has 7 heteroatoms. The number of carbonyl (C=O) groups excluding carboxylic acids is 2. The van der Waals surface area contributed by atoms with E-state index in [1.54, 1.807) is 0 Å². The van der Waals surface area contributed by atoms with Gasteiger partial charge in [-0.3, -0.25) is 9.59 Å². The molecule has 0 fully saturated rings. The van der Waals surface area contributed by atoms with Gasteiger partial charge in [0.05, 0.1) is 5.92 Å². The van der Waals surface area contributed by atoms with Crippen LogP contribution in [-0.4, -0.2) is 42.3 Å². The van der Waals surface area contributed by atoms with Gasteiger partial charge in [-0.25, -0.2) is 4.79 Å². The van der Waals surface area contributed by atoms with Gasteiger partial charge < -0.3 is 20.5 Å². The van der Waals surface area contributed by atoms with Gasteiger partial charge in [-0.1, -0.05) is 69.3 Å². The van der Waals surface area contributed by atoms with E-state index in [0.717, 1.165) is 22.3 Å². The maximum Gasteiger partial charge on any atom is 0.407 e. The van der Waals surface area contributed by atoms with Crippen LogP contribution in [0, 0.1) is 11.8 Å². The Morgan fingerprint density at radius 3 is 2.06 bits per heavy atom. The Hall–Kier alpha value is -3.35.